The van der Waals surface area contributed by atoms with E-state index in [2.05, 4.69) is 16.0 Å². The second kappa shape index (κ2) is 7.99. The van der Waals surface area contributed by atoms with Crippen molar-refractivity contribution in [3.63, 3.8) is 0 Å². The van der Waals surface area contributed by atoms with Crippen LogP contribution in [0.1, 0.15) is 39.5 Å². The van der Waals surface area contributed by atoms with Crippen molar-refractivity contribution in [2.45, 2.75) is 51.6 Å². The Bertz CT molecular complexity index is 306. The molecule has 1 aliphatic carbocycles. The van der Waals surface area contributed by atoms with E-state index in [0.29, 0.717) is 19.0 Å². The second-order valence-corrected chi connectivity index (χ2v) is 5.18. The number of carboxylic acid groups (broad SMARTS) is 1. The maximum absolute atomic E-state index is 11.6. The first-order chi connectivity index (χ1) is 9.04. The monoisotopic (exact) mass is 271 g/mol. The van der Waals surface area contributed by atoms with Crippen LogP contribution in [0.5, 0.6) is 0 Å². The second-order valence-electron chi connectivity index (χ2n) is 5.18. The third kappa shape index (κ3) is 6.42. The molecule has 0 bridgehead atoms. The molecular weight excluding hydrogens is 246 g/mol. The Labute approximate surface area is 114 Å². The lowest BCUT2D eigenvalue weighted by Gasteiger charge is -2.20. The maximum Gasteiger partial charge on any atom is 0.326 e. The summed E-state index contributed by atoms with van der Waals surface area (Å²) < 4.78 is 0. The third-order valence-electron chi connectivity index (χ3n) is 3.42. The van der Waals surface area contributed by atoms with Crippen LogP contribution in [0.15, 0.2) is 0 Å². The van der Waals surface area contributed by atoms with Crippen molar-refractivity contribution in [1.29, 1.82) is 0 Å². The Hall–Kier alpha value is -1.30. The first-order valence-corrected chi connectivity index (χ1v) is 7.05. The minimum Gasteiger partial charge on any atom is -0.480 e. The molecule has 0 spiro atoms. The predicted molar refractivity (Wildman–Crippen MR) is 73.1 cm³/mol. The summed E-state index contributed by atoms with van der Waals surface area (Å²) in [5, 5.41) is 17.6. The summed E-state index contributed by atoms with van der Waals surface area (Å²) in [6.45, 7) is 5.17. The summed E-state index contributed by atoms with van der Waals surface area (Å²) in [5.74, 6) is -1.07. The van der Waals surface area contributed by atoms with Gasteiger partial charge in [-0.2, -0.15) is 0 Å². The molecule has 1 saturated carbocycles. The van der Waals surface area contributed by atoms with Gasteiger partial charge in [0.25, 0.3) is 0 Å². The van der Waals surface area contributed by atoms with Gasteiger partial charge in [-0.25, -0.2) is 9.59 Å². The van der Waals surface area contributed by atoms with E-state index in [9.17, 15) is 9.59 Å². The van der Waals surface area contributed by atoms with Crippen LogP contribution in [-0.2, 0) is 4.79 Å². The summed E-state index contributed by atoms with van der Waals surface area (Å²) in [5.41, 5.74) is 0. The molecule has 1 fully saturated rings. The van der Waals surface area contributed by atoms with E-state index >= 15 is 0 Å². The summed E-state index contributed by atoms with van der Waals surface area (Å²) in [7, 11) is 0. The van der Waals surface area contributed by atoms with Crippen LogP contribution in [0.2, 0.25) is 0 Å². The number of rotatable bonds is 9. The molecule has 4 N–H and O–H groups in total. The van der Waals surface area contributed by atoms with E-state index < -0.39 is 18.0 Å². The highest BCUT2D eigenvalue weighted by Gasteiger charge is 2.25. The fraction of sp³-hybridized carbons (Fsp3) is 0.846. The molecule has 0 heterocycles. The fourth-order valence-corrected chi connectivity index (χ4v) is 1.76. The molecule has 19 heavy (non-hydrogen) atoms. The number of hydrogen-bond donors (Lipinski definition) is 4. The van der Waals surface area contributed by atoms with Crippen molar-refractivity contribution in [2.75, 3.05) is 13.1 Å². The number of hydrogen-bond acceptors (Lipinski definition) is 3. The zero-order valence-corrected chi connectivity index (χ0v) is 11.7. The van der Waals surface area contributed by atoms with Crippen LogP contribution in [0.3, 0.4) is 0 Å². The van der Waals surface area contributed by atoms with E-state index in [4.69, 9.17) is 5.11 Å². The van der Waals surface area contributed by atoms with Gasteiger partial charge in [0.05, 0.1) is 0 Å². The maximum atomic E-state index is 11.6. The largest absolute Gasteiger partial charge is 0.480 e. The molecule has 110 valence electrons. The molecule has 2 amide bonds. The average Bonchev–Trinajstić information content (AvgIpc) is 3.18. The lowest BCUT2D eigenvalue weighted by atomic mass is 9.99. The van der Waals surface area contributed by atoms with Gasteiger partial charge in [-0.3, -0.25) is 0 Å². The van der Waals surface area contributed by atoms with Crippen LogP contribution < -0.4 is 16.0 Å². The molecule has 0 aliphatic heterocycles. The number of amides is 2. The third-order valence-corrected chi connectivity index (χ3v) is 3.42. The molecule has 2 atom stereocenters. The predicted octanol–water partition coefficient (Wildman–Crippen LogP) is 0.927. The highest BCUT2D eigenvalue weighted by molar-refractivity contribution is 5.82. The van der Waals surface area contributed by atoms with Gasteiger partial charge in [-0.15, -0.1) is 0 Å². The van der Waals surface area contributed by atoms with Gasteiger partial charge in [-0.1, -0.05) is 20.3 Å². The first-order valence-electron chi connectivity index (χ1n) is 7.05. The molecule has 1 unspecified atom stereocenters. The molecule has 6 nitrogen and oxygen atoms in total. The molecule has 1 aliphatic rings. The van der Waals surface area contributed by atoms with Gasteiger partial charge in [0.1, 0.15) is 6.04 Å². The van der Waals surface area contributed by atoms with E-state index in [1.54, 1.807) is 0 Å². The average molecular weight is 271 g/mol. The SMILES string of the molecule is CCC(C)[C@H](NC(=O)NCCCNC1CC1)C(=O)O. The zero-order chi connectivity index (χ0) is 14.3. The van der Waals surface area contributed by atoms with Gasteiger partial charge in [-0.05, 0) is 31.7 Å². The van der Waals surface area contributed by atoms with Crippen molar-refractivity contribution in [1.82, 2.24) is 16.0 Å². The van der Waals surface area contributed by atoms with E-state index in [1.165, 1.54) is 12.8 Å². The number of nitrogens with one attached hydrogen (secondary N) is 3. The lowest BCUT2D eigenvalue weighted by Crippen LogP contribution is -2.49. The topological polar surface area (TPSA) is 90.5 Å². The normalized spacial score (nSPS) is 17.6. The van der Waals surface area contributed by atoms with Crippen LogP contribution >= 0.6 is 0 Å². The number of carbonyl (C=O) groups is 2. The number of carboxylic acids is 1. The van der Waals surface area contributed by atoms with E-state index in [0.717, 1.165) is 13.0 Å². The van der Waals surface area contributed by atoms with Crippen molar-refractivity contribution in [2.24, 2.45) is 5.92 Å². The van der Waals surface area contributed by atoms with Gasteiger partial charge in [0, 0.05) is 12.6 Å². The van der Waals surface area contributed by atoms with E-state index in [1.807, 2.05) is 13.8 Å². The van der Waals surface area contributed by atoms with Crippen LogP contribution in [0.4, 0.5) is 4.79 Å². The van der Waals surface area contributed by atoms with Crippen molar-refractivity contribution >= 4 is 12.0 Å². The highest BCUT2D eigenvalue weighted by Crippen LogP contribution is 2.18. The zero-order valence-electron chi connectivity index (χ0n) is 11.7. The number of carbonyl (C=O) groups excluding carboxylic acids is 1. The van der Waals surface area contributed by atoms with Crippen LogP contribution in [-0.4, -0.2) is 42.3 Å². The van der Waals surface area contributed by atoms with E-state index in [-0.39, 0.29) is 5.92 Å². The summed E-state index contributed by atoms with van der Waals surface area (Å²) in [6.07, 6.45) is 4.07. The van der Waals surface area contributed by atoms with Crippen molar-refractivity contribution < 1.29 is 14.7 Å². The Morgan fingerprint density at radius 1 is 1.32 bits per heavy atom. The Morgan fingerprint density at radius 2 is 2.00 bits per heavy atom. The van der Waals surface area contributed by atoms with Gasteiger partial charge in [0.2, 0.25) is 0 Å². The van der Waals surface area contributed by atoms with Gasteiger partial charge < -0.3 is 21.1 Å². The minimum atomic E-state index is -0.986. The quantitative estimate of drug-likeness (QED) is 0.470. The lowest BCUT2D eigenvalue weighted by molar-refractivity contribution is -0.140. The molecule has 1 rings (SSSR count). The molecular formula is C13H25N3O3. The van der Waals surface area contributed by atoms with Crippen molar-refractivity contribution in [3.05, 3.63) is 0 Å². The highest BCUT2D eigenvalue weighted by atomic mass is 16.4. The van der Waals surface area contributed by atoms with Crippen LogP contribution in [0, 0.1) is 5.92 Å². The first kappa shape index (κ1) is 15.8. The summed E-state index contributed by atoms with van der Waals surface area (Å²) in [6, 6.07) is -0.552. The number of urea groups is 1. The molecule has 6 heteroatoms. The molecule has 0 aromatic rings. The Morgan fingerprint density at radius 3 is 2.53 bits per heavy atom. The standard InChI is InChI=1S/C13H25N3O3/c1-3-9(2)11(12(17)18)16-13(19)15-8-4-7-14-10-5-6-10/h9-11,14H,3-8H2,1-2H3,(H,17,18)(H2,15,16,19)/t9?,11-/m0/s1. The molecule has 0 saturated heterocycles. The molecule has 0 aromatic heterocycles. The Kier molecular flexibility index (Phi) is 6.62. The smallest absolute Gasteiger partial charge is 0.326 e. The van der Waals surface area contributed by atoms with Crippen molar-refractivity contribution in [3.8, 4) is 0 Å². The van der Waals surface area contributed by atoms with Gasteiger partial charge >= 0.3 is 12.0 Å². The van der Waals surface area contributed by atoms with Gasteiger partial charge in [0.15, 0.2) is 0 Å². The minimum absolute atomic E-state index is 0.0835. The van der Waals surface area contributed by atoms with Crippen LogP contribution in [0.25, 0.3) is 0 Å². The summed E-state index contributed by atoms with van der Waals surface area (Å²) >= 11 is 0. The summed E-state index contributed by atoms with van der Waals surface area (Å²) in [4.78, 5) is 22.6. The number of aliphatic carboxylic acids is 1. The molecule has 0 aromatic carbocycles. The Balaban J connectivity index is 2.14. The molecule has 0 radical (unpaired) electrons. The fourth-order valence-electron chi connectivity index (χ4n) is 1.76.